The van der Waals surface area contributed by atoms with Crippen LogP contribution in [0.3, 0.4) is 0 Å². The summed E-state index contributed by atoms with van der Waals surface area (Å²) in [6.07, 6.45) is 2.42. The number of benzene rings is 1. The smallest absolute Gasteiger partial charge is 0.238 e. The predicted molar refractivity (Wildman–Crippen MR) is 118 cm³/mol. The van der Waals surface area contributed by atoms with Crippen molar-refractivity contribution in [2.45, 2.75) is 31.7 Å². The molecule has 9 heteroatoms. The maximum atomic E-state index is 11.3. The van der Waals surface area contributed by atoms with Crippen molar-refractivity contribution in [1.82, 2.24) is 10.6 Å². The Bertz CT molecular complexity index is 804. The van der Waals surface area contributed by atoms with Gasteiger partial charge in [0.15, 0.2) is 5.96 Å². The second-order valence-electron chi connectivity index (χ2n) is 6.38. The van der Waals surface area contributed by atoms with Gasteiger partial charge in [0.2, 0.25) is 10.0 Å². The van der Waals surface area contributed by atoms with Crippen LogP contribution >= 0.6 is 24.0 Å². The second-order valence-corrected chi connectivity index (χ2v) is 7.95. The Morgan fingerprint density at radius 2 is 1.89 bits per heavy atom. The van der Waals surface area contributed by atoms with Crippen molar-refractivity contribution in [3.8, 4) is 0 Å². The van der Waals surface area contributed by atoms with Crippen molar-refractivity contribution in [1.29, 1.82) is 0 Å². The van der Waals surface area contributed by atoms with E-state index in [0.29, 0.717) is 25.0 Å². The minimum Gasteiger partial charge on any atom is -0.469 e. The van der Waals surface area contributed by atoms with Gasteiger partial charge in [-0.3, -0.25) is 0 Å². The lowest BCUT2D eigenvalue weighted by Gasteiger charge is -2.14. The van der Waals surface area contributed by atoms with Crippen molar-refractivity contribution >= 4 is 40.0 Å². The number of hydrogen-bond donors (Lipinski definition) is 3. The molecule has 0 amide bonds. The number of nitrogens with one attached hydrogen (secondary N) is 2. The van der Waals surface area contributed by atoms with Crippen LogP contribution in [0.5, 0.6) is 0 Å². The fraction of sp³-hybridized carbons (Fsp3) is 0.389. The molecular weight excluding hydrogens is 479 g/mol. The topological polar surface area (TPSA) is 110 Å². The lowest BCUT2D eigenvalue weighted by Crippen LogP contribution is -2.40. The minimum absolute atomic E-state index is 0. The molecule has 2 aromatic rings. The molecule has 1 aromatic heterocycles. The average molecular weight is 506 g/mol. The molecule has 0 aliphatic heterocycles. The van der Waals surface area contributed by atoms with Crippen LogP contribution in [0.25, 0.3) is 0 Å². The molecule has 0 aliphatic rings. The number of nitrogens with two attached hydrogens (primary N) is 1. The van der Waals surface area contributed by atoms with Gasteiger partial charge in [-0.25, -0.2) is 18.5 Å². The number of sulfonamides is 1. The number of guanidine groups is 1. The molecule has 0 fully saturated rings. The predicted octanol–water partition coefficient (Wildman–Crippen LogP) is 2.48. The normalized spacial score (nSPS) is 11.9. The van der Waals surface area contributed by atoms with Crippen LogP contribution in [0.4, 0.5) is 0 Å². The number of nitrogens with zero attached hydrogens (tertiary/aromatic N) is 1. The van der Waals surface area contributed by atoms with Gasteiger partial charge in [-0.2, -0.15) is 0 Å². The van der Waals surface area contributed by atoms with E-state index in [-0.39, 0.29) is 28.9 Å². The van der Waals surface area contributed by atoms with Crippen LogP contribution in [0.15, 0.2) is 57.0 Å². The molecule has 0 atom stereocenters. The van der Waals surface area contributed by atoms with Gasteiger partial charge in [-0.1, -0.05) is 26.0 Å². The second kappa shape index (κ2) is 11.3. The third-order valence-electron chi connectivity index (χ3n) is 3.59. The standard InChI is InChI=1S/C18H26N4O3S.HI/c1-14(2)12-21-18(20-10-9-16-4-3-11-25-16)22-13-15-5-7-17(8-6-15)26(19,23)24;/h3-8,11,14H,9-10,12-13H2,1-2H3,(H2,19,23,24)(H2,20,21,22);1H. The Morgan fingerprint density at radius 1 is 1.19 bits per heavy atom. The summed E-state index contributed by atoms with van der Waals surface area (Å²) < 4.78 is 27.9. The summed E-state index contributed by atoms with van der Waals surface area (Å²) in [7, 11) is -3.67. The lowest BCUT2D eigenvalue weighted by atomic mass is 10.2. The molecule has 0 spiro atoms. The Morgan fingerprint density at radius 3 is 2.44 bits per heavy atom. The molecule has 150 valence electrons. The summed E-state index contributed by atoms with van der Waals surface area (Å²) >= 11 is 0. The van der Waals surface area contributed by atoms with Crippen LogP contribution in [0.2, 0.25) is 0 Å². The van der Waals surface area contributed by atoms with Crippen molar-refractivity contribution in [2.24, 2.45) is 16.0 Å². The molecule has 2 rings (SSSR count). The highest BCUT2D eigenvalue weighted by molar-refractivity contribution is 14.0. The first kappa shape index (κ1) is 23.4. The number of aliphatic imine (C=N–C) groups is 1. The fourth-order valence-corrected chi connectivity index (χ4v) is 2.70. The first-order chi connectivity index (χ1) is 12.3. The summed E-state index contributed by atoms with van der Waals surface area (Å²) in [4.78, 5) is 4.66. The molecule has 4 N–H and O–H groups in total. The highest BCUT2D eigenvalue weighted by Gasteiger charge is 2.07. The van der Waals surface area contributed by atoms with Gasteiger partial charge >= 0.3 is 0 Å². The molecule has 0 aliphatic carbocycles. The molecule has 0 saturated carbocycles. The monoisotopic (exact) mass is 506 g/mol. The van der Waals surface area contributed by atoms with Gasteiger partial charge in [0.25, 0.3) is 0 Å². The summed E-state index contributed by atoms with van der Waals surface area (Å²) in [5, 5.41) is 11.7. The average Bonchev–Trinajstić information content (AvgIpc) is 3.09. The Hall–Kier alpha value is -1.59. The number of furan rings is 1. The summed E-state index contributed by atoms with van der Waals surface area (Å²) in [6, 6.07) is 10.2. The zero-order chi connectivity index (χ0) is 19.0. The largest absolute Gasteiger partial charge is 0.469 e. The van der Waals surface area contributed by atoms with Gasteiger partial charge in [0.05, 0.1) is 17.7 Å². The summed E-state index contributed by atoms with van der Waals surface area (Å²) in [5.74, 6) is 2.11. The molecule has 0 radical (unpaired) electrons. The van der Waals surface area contributed by atoms with Crippen molar-refractivity contribution in [3.63, 3.8) is 0 Å². The van der Waals surface area contributed by atoms with E-state index in [9.17, 15) is 8.42 Å². The van der Waals surface area contributed by atoms with Crippen molar-refractivity contribution in [2.75, 3.05) is 13.1 Å². The van der Waals surface area contributed by atoms with Crippen LogP contribution in [-0.2, 0) is 23.0 Å². The third-order valence-corrected chi connectivity index (χ3v) is 4.52. The molecule has 0 saturated heterocycles. The first-order valence-corrected chi connectivity index (χ1v) is 10.1. The SMILES string of the molecule is CC(C)CNC(=NCc1ccc(S(N)(=O)=O)cc1)NCCc1ccco1.I. The first-order valence-electron chi connectivity index (χ1n) is 8.51. The van der Waals surface area contributed by atoms with Crippen molar-refractivity contribution < 1.29 is 12.8 Å². The lowest BCUT2D eigenvalue weighted by molar-refractivity contribution is 0.506. The van der Waals surface area contributed by atoms with Gasteiger partial charge in [0.1, 0.15) is 5.76 Å². The van der Waals surface area contributed by atoms with Gasteiger partial charge < -0.3 is 15.1 Å². The van der Waals surface area contributed by atoms with Gasteiger partial charge in [-0.05, 0) is 35.7 Å². The number of rotatable bonds is 8. The maximum absolute atomic E-state index is 11.3. The molecular formula is C18H27IN4O3S. The van der Waals surface area contributed by atoms with Gasteiger partial charge in [0, 0.05) is 19.5 Å². The van der Waals surface area contributed by atoms with E-state index in [2.05, 4.69) is 29.5 Å². The van der Waals surface area contributed by atoms with Crippen LogP contribution in [-0.4, -0.2) is 27.5 Å². The molecule has 0 unspecified atom stereocenters. The number of halogens is 1. The zero-order valence-corrected chi connectivity index (χ0v) is 18.7. The Labute approximate surface area is 177 Å². The van der Waals surface area contributed by atoms with Crippen LogP contribution in [0.1, 0.15) is 25.2 Å². The maximum Gasteiger partial charge on any atom is 0.238 e. The molecule has 1 aromatic carbocycles. The molecule has 7 nitrogen and oxygen atoms in total. The fourth-order valence-electron chi connectivity index (χ4n) is 2.19. The summed E-state index contributed by atoms with van der Waals surface area (Å²) in [6.45, 7) is 6.18. The van der Waals surface area contributed by atoms with Crippen LogP contribution in [0, 0.1) is 5.92 Å². The quantitative estimate of drug-likeness (QED) is 0.290. The number of primary sulfonamides is 1. The minimum atomic E-state index is -3.67. The van der Waals surface area contributed by atoms with E-state index >= 15 is 0 Å². The van der Waals surface area contributed by atoms with E-state index in [0.717, 1.165) is 24.3 Å². The van der Waals surface area contributed by atoms with E-state index in [1.54, 1.807) is 18.4 Å². The highest BCUT2D eigenvalue weighted by Crippen LogP contribution is 2.09. The van der Waals surface area contributed by atoms with E-state index in [1.807, 2.05) is 12.1 Å². The van der Waals surface area contributed by atoms with Crippen molar-refractivity contribution in [3.05, 3.63) is 54.0 Å². The molecule has 1 heterocycles. The van der Waals surface area contributed by atoms with Gasteiger partial charge in [-0.15, -0.1) is 24.0 Å². The highest BCUT2D eigenvalue weighted by atomic mass is 127. The van der Waals surface area contributed by atoms with E-state index in [4.69, 9.17) is 9.56 Å². The molecule has 27 heavy (non-hydrogen) atoms. The van der Waals surface area contributed by atoms with E-state index < -0.39 is 10.0 Å². The van der Waals surface area contributed by atoms with Crippen LogP contribution < -0.4 is 15.8 Å². The zero-order valence-electron chi connectivity index (χ0n) is 15.5. The number of hydrogen-bond acceptors (Lipinski definition) is 4. The summed E-state index contributed by atoms with van der Waals surface area (Å²) in [5.41, 5.74) is 0.897. The van der Waals surface area contributed by atoms with E-state index in [1.165, 1.54) is 12.1 Å². The molecule has 0 bridgehead atoms. The Kier molecular flexibility index (Phi) is 9.81. The Balaban J connectivity index is 0.00000364. The third kappa shape index (κ3) is 8.76.